The highest BCUT2D eigenvalue weighted by molar-refractivity contribution is 5.83. The number of benzene rings is 1. The fourth-order valence-electron chi connectivity index (χ4n) is 2.04. The molecular weight excluding hydrogens is 202 g/mol. The van der Waals surface area contributed by atoms with Gasteiger partial charge in [-0.2, -0.15) is 0 Å². The maximum atomic E-state index is 11.3. The number of nitrogens with two attached hydrogens (primary N) is 1. The van der Waals surface area contributed by atoms with Crippen LogP contribution in [0.4, 0.5) is 5.69 Å². The summed E-state index contributed by atoms with van der Waals surface area (Å²) in [5.41, 5.74) is 10.8. The summed E-state index contributed by atoms with van der Waals surface area (Å²) in [4.78, 5) is 11.3. The third-order valence-corrected chi connectivity index (χ3v) is 2.85. The van der Waals surface area contributed by atoms with Crippen molar-refractivity contribution in [2.75, 3.05) is 5.01 Å². The van der Waals surface area contributed by atoms with Crippen LogP contribution >= 0.6 is 0 Å². The maximum absolute atomic E-state index is 11.3. The summed E-state index contributed by atoms with van der Waals surface area (Å²) in [6.07, 6.45) is 0.535. The summed E-state index contributed by atoms with van der Waals surface area (Å²) in [6, 6.07) is 8.04. The van der Waals surface area contributed by atoms with Crippen molar-refractivity contribution in [2.24, 2.45) is 5.73 Å². The van der Waals surface area contributed by atoms with E-state index >= 15 is 0 Å². The number of para-hydroxylation sites is 1. The Balaban J connectivity index is 2.36. The zero-order chi connectivity index (χ0) is 11.7. The quantitative estimate of drug-likeness (QED) is 0.789. The van der Waals surface area contributed by atoms with Gasteiger partial charge in [-0.15, -0.1) is 0 Å². The van der Waals surface area contributed by atoms with E-state index < -0.39 is 0 Å². The van der Waals surface area contributed by atoms with Crippen LogP contribution in [0.2, 0.25) is 0 Å². The average molecular weight is 219 g/mol. The van der Waals surface area contributed by atoms with E-state index in [1.54, 1.807) is 0 Å². The first-order chi connectivity index (χ1) is 7.59. The normalized spacial score (nSPS) is 22.1. The largest absolute Gasteiger partial charge is 0.324 e. The van der Waals surface area contributed by atoms with Gasteiger partial charge in [0.05, 0.1) is 18.2 Å². The summed E-state index contributed by atoms with van der Waals surface area (Å²) < 4.78 is 0. The van der Waals surface area contributed by atoms with Crippen molar-refractivity contribution in [3.63, 3.8) is 0 Å². The fraction of sp³-hybridized carbons (Fsp3) is 0.417. The van der Waals surface area contributed by atoms with Gasteiger partial charge in [0.1, 0.15) is 0 Å². The van der Waals surface area contributed by atoms with Gasteiger partial charge in [-0.3, -0.25) is 15.2 Å². The van der Waals surface area contributed by atoms with Gasteiger partial charge in [-0.1, -0.05) is 18.2 Å². The van der Waals surface area contributed by atoms with Crippen LogP contribution in [0.1, 0.15) is 31.9 Å². The van der Waals surface area contributed by atoms with Crippen LogP contribution in [0.3, 0.4) is 0 Å². The van der Waals surface area contributed by atoms with Crippen LogP contribution < -0.4 is 16.2 Å². The number of hydrogen-bond acceptors (Lipinski definition) is 3. The highest BCUT2D eigenvalue weighted by Gasteiger charge is 2.28. The summed E-state index contributed by atoms with van der Waals surface area (Å²) in [5.74, 6) is 0.0620. The van der Waals surface area contributed by atoms with E-state index in [1.807, 2.05) is 43.1 Å². The van der Waals surface area contributed by atoms with Gasteiger partial charge in [0.25, 0.3) is 0 Å². The lowest BCUT2D eigenvalue weighted by Gasteiger charge is -2.26. The first-order valence-electron chi connectivity index (χ1n) is 5.53. The highest BCUT2D eigenvalue weighted by Crippen LogP contribution is 2.27. The first-order valence-corrected chi connectivity index (χ1v) is 5.53. The summed E-state index contributed by atoms with van der Waals surface area (Å²) in [7, 11) is 0. The lowest BCUT2D eigenvalue weighted by Crippen LogP contribution is -2.38. The second kappa shape index (κ2) is 4.14. The predicted molar refractivity (Wildman–Crippen MR) is 63.7 cm³/mol. The third-order valence-electron chi connectivity index (χ3n) is 2.85. The molecule has 1 fully saturated rings. The molecule has 0 bridgehead atoms. The molecule has 0 radical (unpaired) electrons. The molecule has 1 heterocycles. The number of hydrazine groups is 1. The van der Waals surface area contributed by atoms with Crippen molar-refractivity contribution in [1.29, 1.82) is 0 Å². The standard InChI is InChI=1S/C12H17N3O/c1-8-7-12(16)14-15(8)11-6-4-3-5-10(11)9(2)13/h3-6,8-9H,7,13H2,1-2H3,(H,14,16). The molecule has 1 aromatic rings. The van der Waals surface area contributed by atoms with Crippen LogP contribution in [0.5, 0.6) is 0 Å². The molecule has 3 N–H and O–H groups in total. The fourth-order valence-corrected chi connectivity index (χ4v) is 2.04. The average Bonchev–Trinajstić information content (AvgIpc) is 2.57. The van der Waals surface area contributed by atoms with E-state index in [4.69, 9.17) is 5.73 Å². The summed E-state index contributed by atoms with van der Waals surface area (Å²) in [5, 5.41) is 1.90. The van der Waals surface area contributed by atoms with Gasteiger partial charge in [0, 0.05) is 6.04 Å². The molecule has 0 aromatic heterocycles. The van der Waals surface area contributed by atoms with Crippen molar-refractivity contribution >= 4 is 11.6 Å². The minimum atomic E-state index is -0.0408. The van der Waals surface area contributed by atoms with E-state index in [0.717, 1.165) is 11.3 Å². The Bertz CT molecular complexity index is 403. The topological polar surface area (TPSA) is 58.4 Å². The SMILES string of the molecule is CC(N)c1ccccc1N1NC(=O)CC1C. The molecule has 1 aliphatic heterocycles. The van der Waals surface area contributed by atoms with Crippen LogP contribution in [0.25, 0.3) is 0 Å². The Morgan fingerprint density at radius 2 is 2.19 bits per heavy atom. The molecule has 4 heteroatoms. The Hall–Kier alpha value is -1.55. The van der Waals surface area contributed by atoms with Crippen LogP contribution in [-0.4, -0.2) is 11.9 Å². The van der Waals surface area contributed by atoms with Gasteiger partial charge >= 0.3 is 0 Å². The smallest absolute Gasteiger partial charge is 0.240 e. The number of carbonyl (C=O) groups excluding carboxylic acids is 1. The Kier molecular flexibility index (Phi) is 2.83. The van der Waals surface area contributed by atoms with Crippen LogP contribution in [0, 0.1) is 0 Å². The van der Waals surface area contributed by atoms with Gasteiger partial charge in [-0.25, -0.2) is 0 Å². The third kappa shape index (κ3) is 1.88. The molecule has 86 valence electrons. The molecule has 0 aliphatic carbocycles. The second-order valence-corrected chi connectivity index (χ2v) is 4.31. The number of nitrogens with one attached hydrogen (secondary N) is 1. The van der Waals surface area contributed by atoms with Crippen LogP contribution in [0.15, 0.2) is 24.3 Å². The Labute approximate surface area is 95.4 Å². The first kappa shape index (κ1) is 11.0. The van der Waals surface area contributed by atoms with Crippen molar-refractivity contribution in [1.82, 2.24) is 5.43 Å². The molecule has 1 saturated heterocycles. The summed E-state index contributed by atoms with van der Waals surface area (Å²) >= 11 is 0. The number of anilines is 1. The van der Waals surface area contributed by atoms with Crippen molar-refractivity contribution in [2.45, 2.75) is 32.4 Å². The minimum absolute atomic E-state index is 0.0408. The van der Waals surface area contributed by atoms with Crippen molar-refractivity contribution in [3.8, 4) is 0 Å². The number of rotatable bonds is 2. The Morgan fingerprint density at radius 1 is 1.50 bits per heavy atom. The Morgan fingerprint density at radius 3 is 2.75 bits per heavy atom. The molecule has 1 amide bonds. The molecule has 1 aliphatic rings. The number of amides is 1. The molecule has 2 unspecified atom stereocenters. The second-order valence-electron chi connectivity index (χ2n) is 4.31. The molecule has 4 nitrogen and oxygen atoms in total. The minimum Gasteiger partial charge on any atom is -0.324 e. The molecule has 2 atom stereocenters. The van der Waals surface area contributed by atoms with Crippen molar-refractivity contribution in [3.05, 3.63) is 29.8 Å². The van der Waals surface area contributed by atoms with E-state index in [0.29, 0.717) is 6.42 Å². The van der Waals surface area contributed by atoms with E-state index in [1.165, 1.54) is 0 Å². The molecular formula is C12H17N3O. The van der Waals surface area contributed by atoms with E-state index in [9.17, 15) is 4.79 Å². The van der Waals surface area contributed by atoms with Gasteiger partial charge < -0.3 is 5.73 Å². The van der Waals surface area contributed by atoms with Crippen LogP contribution in [-0.2, 0) is 4.79 Å². The molecule has 1 aromatic carbocycles. The van der Waals surface area contributed by atoms with E-state index in [2.05, 4.69) is 5.43 Å². The van der Waals surface area contributed by atoms with Gasteiger partial charge in [0.15, 0.2) is 0 Å². The zero-order valence-electron chi connectivity index (χ0n) is 9.60. The maximum Gasteiger partial charge on any atom is 0.240 e. The number of hydrogen-bond donors (Lipinski definition) is 2. The lowest BCUT2D eigenvalue weighted by molar-refractivity contribution is -0.119. The predicted octanol–water partition coefficient (Wildman–Crippen LogP) is 1.34. The molecule has 0 saturated carbocycles. The molecule has 2 rings (SSSR count). The zero-order valence-corrected chi connectivity index (χ0v) is 9.60. The highest BCUT2D eigenvalue weighted by atomic mass is 16.2. The molecule has 0 spiro atoms. The number of carbonyl (C=O) groups is 1. The van der Waals surface area contributed by atoms with Gasteiger partial charge in [0.2, 0.25) is 5.91 Å². The van der Waals surface area contributed by atoms with Gasteiger partial charge in [-0.05, 0) is 25.5 Å². The molecule has 16 heavy (non-hydrogen) atoms. The van der Waals surface area contributed by atoms with E-state index in [-0.39, 0.29) is 18.0 Å². The monoisotopic (exact) mass is 219 g/mol. The van der Waals surface area contributed by atoms with Crippen molar-refractivity contribution < 1.29 is 4.79 Å². The summed E-state index contributed by atoms with van der Waals surface area (Å²) in [6.45, 7) is 3.97. The number of nitrogens with zero attached hydrogens (tertiary/aromatic N) is 1. The lowest BCUT2D eigenvalue weighted by atomic mass is 10.1.